The van der Waals surface area contributed by atoms with E-state index in [1.54, 1.807) is 0 Å². The fraction of sp³-hybridized carbons (Fsp3) is 0.524. The Kier molecular flexibility index (Phi) is 5.07. The highest BCUT2D eigenvalue weighted by molar-refractivity contribution is 5.94. The molecule has 4 rings (SSSR count). The highest BCUT2D eigenvalue weighted by Crippen LogP contribution is 2.25. The molecular formula is C21H28N4O. The molecule has 2 aliphatic rings. The number of nitrogens with one attached hydrogen (secondary N) is 2. The van der Waals surface area contributed by atoms with E-state index < -0.39 is 0 Å². The number of piperidine rings is 1. The van der Waals surface area contributed by atoms with Gasteiger partial charge in [-0.3, -0.25) is 9.89 Å². The van der Waals surface area contributed by atoms with Crippen LogP contribution >= 0.6 is 0 Å². The van der Waals surface area contributed by atoms with Crippen molar-refractivity contribution in [3.05, 3.63) is 52.3 Å². The summed E-state index contributed by atoms with van der Waals surface area (Å²) >= 11 is 0. The molecule has 1 aromatic heterocycles. The minimum atomic E-state index is 0.100. The molecule has 3 heterocycles. The Balaban J connectivity index is 1.30. The van der Waals surface area contributed by atoms with Gasteiger partial charge < -0.3 is 10.2 Å². The number of hydrogen-bond donors (Lipinski definition) is 2. The summed E-state index contributed by atoms with van der Waals surface area (Å²) in [5.74, 6) is 0.818. The third-order valence-electron chi connectivity index (χ3n) is 5.87. The topological polar surface area (TPSA) is 61.0 Å². The Morgan fingerprint density at radius 2 is 2.00 bits per heavy atom. The molecule has 1 amide bonds. The molecule has 5 nitrogen and oxygen atoms in total. The lowest BCUT2D eigenvalue weighted by Crippen LogP contribution is -2.39. The van der Waals surface area contributed by atoms with Gasteiger partial charge in [-0.15, -0.1) is 0 Å². The number of carbonyl (C=O) groups is 1. The van der Waals surface area contributed by atoms with Crippen molar-refractivity contribution in [3.63, 3.8) is 0 Å². The summed E-state index contributed by atoms with van der Waals surface area (Å²) in [6.07, 6.45) is 5.48. The van der Waals surface area contributed by atoms with Gasteiger partial charge in [-0.1, -0.05) is 29.8 Å². The van der Waals surface area contributed by atoms with Gasteiger partial charge in [0, 0.05) is 43.9 Å². The smallest absolute Gasteiger partial charge is 0.274 e. The molecule has 138 valence electrons. The number of rotatable bonds is 4. The molecule has 1 aromatic carbocycles. The van der Waals surface area contributed by atoms with Crippen LogP contribution in [0.2, 0.25) is 0 Å². The molecule has 1 saturated heterocycles. The van der Waals surface area contributed by atoms with Crippen molar-refractivity contribution in [2.24, 2.45) is 5.92 Å². The van der Waals surface area contributed by atoms with Crippen LogP contribution in [0.1, 0.15) is 52.1 Å². The second-order valence-electron chi connectivity index (χ2n) is 7.72. The second-order valence-corrected chi connectivity index (χ2v) is 7.72. The van der Waals surface area contributed by atoms with E-state index in [0.29, 0.717) is 5.69 Å². The Hall–Kier alpha value is -2.14. The number of nitrogens with zero attached hydrogens (tertiary/aromatic N) is 2. The van der Waals surface area contributed by atoms with Gasteiger partial charge in [-0.2, -0.15) is 5.10 Å². The van der Waals surface area contributed by atoms with Crippen molar-refractivity contribution in [2.75, 3.05) is 19.6 Å². The Labute approximate surface area is 155 Å². The molecule has 0 unspecified atom stereocenters. The molecule has 0 atom stereocenters. The summed E-state index contributed by atoms with van der Waals surface area (Å²) in [4.78, 5) is 14.9. The summed E-state index contributed by atoms with van der Waals surface area (Å²) in [5.41, 5.74) is 5.56. The molecule has 0 radical (unpaired) electrons. The number of H-pyrrole nitrogens is 1. The molecule has 2 aromatic rings. The number of carbonyl (C=O) groups excluding carboxylic acids is 1. The van der Waals surface area contributed by atoms with Gasteiger partial charge in [0.2, 0.25) is 0 Å². The molecule has 5 heteroatoms. The molecule has 2 N–H and O–H groups in total. The Bertz CT molecular complexity index is 757. The Morgan fingerprint density at radius 3 is 2.77 bits per heavy atom. The van der Waals surface area contributed by atoms with Crippen molar-refractivity contribution in [1.29, 1.82) is 0 Å². The van der Waals surface area contributed by atoms with E-state index >= 15 is 0 Å². The number of aromatic amines is 1. The minimum absolute atomic E-state index is 0.100. The van der Waals surface area contributed by atoms with Crippen LogP contribution in [0.3, 0.4) is 0 Å². The predicted octanol–water partition coefficient (Wildman–Crippen LogP) is 2.85. The van der Waals surface area contributed by atoms with Gasteiger partial charge >= 0.3 is 0 Å². The predicted molar refractivity (Wildman–Crippen MR) is 102 cm³/mol. The Morgan fingerprint density at radius 1 is 1.23 bits per heavy atom. The summed E-state index contributed by atoms with van der Waals surface area (Å²) in [5, 5.41) is 10.7. The van der Waals surface area contributed by atoms with Gasteiger partial charge in [0.15, 0.2) is 5.69 Å². The molecule has 0 saturated carbocycles. The van der Waals surface area contributed by atoms with Crippen molar-refractivity contribution < 1.29 is 4.79 Å². The maximum Gasteiger partial charge on any atom is 0.274 e. The zero-order valence-electron chi connectivity index (χ0n) is 15.6. The maximum absolute atomic E-state index is 12.9. The second kappa shape index (κ2) is 7.62. The third kappa shape index (κ3) is 3.68. The SMILES string of the molecule is Cc1ccc(CCC2CCN(C(=O)c3n[nH]c4c3CNCC4)CC2)cc1. The van der Waals surface area contributed by atoms with E-state index in [4.69, 9.17) is 0 Å². The summed E-state index contributed by atoms with van der Waals surface area (Å²) < 4.78 is 0. The average Bonchev–Trinajstić information content (AvgIpc) is 3.11. The zero-order chi connectivity index (χ0) is 17.9. The van der Waals surface area contributed by atoms with E-state index in [1.165, 1.54) is 17.5 Å². The summed E-state index contributed by atoms with van der Waals surface area (Å²) in [6.45, 7) is 5.54. The molecule has 0 spiro atoms. The van der Waals surface area contributed by atoms with E-state index in [2.05, 4.69) is 46.7 Å². The first-order chi connectivity index (χ1) is 12.7. The molecule has 1 fully saturated rings. The molecular weight excluding hydrogens is 324 g/mol. The first kappa shape index (κ1) is 17.3. The third-order valence-corrected chi connectivity index (χ3v) is 5.87. The highest BCUT2D eigenvalue weighted by atomic mass is 16.2. The van der Waals surface area contributed by atoms with E-state index in [-0.39, 0.29) is 5.91 Å². The maximum atomic E-state index is 12.9. The van der Waals surface area contributed by atoms with Crippen molar-refractivity contribution >= 4 is 5.91 Å². The van der Waals surface area contributed by atoms with Crippen molar-refractivity contribution in [2.45, 2.75) is 45.6 Å². The number of likely N-dealkylation sites (tertiary alicyclic amines) is 1. The van der Waals surface area contributed by atoms with Crippen LogP contribution in [0.25, 0.3) is 0 Å². The fourth-order valence-corrected chi connectivity index (χ4v) is 4.10. The fourth-order valence-electron chi connectivity index (χ4n) is 4.10. The van der Waals surface area contributed by atoms with Crippen LogP contribution in [0.15, 0.2) is 24.3 Å². The number of aromatic nitrogens is 2. The van der Waals surface area contributed by atoms with Crippen LogP contribution in [-0.4, -0.2) is 40.6 Å². The molecule has 0 aliphatic carbocycles. The molecule has 0 bridgehead atoms. The first-order valence-corrected chi connectivity index (χ1v) is 9.82. The van der Waals surface area contributed by atoms with Crippen LogP contribution in [-0.2, 0) is 19.4 Å². The van der Waals surface area contributed by atoms with Gasteiger partial charge in [0.05, 0.1) is 0 Å². The number of amides is 1. The monoisotopic (exact) mass is 352 g/mol. The average molecular weight is 352 g/mol. The molecule has 26 heavy (non-hydrogen) atoms. The molecule has 2 aliphatic heterocycles. The number of benzene rings is 1. The van der Waals surface area contributed by atoms with Gasteiger partial charge in [0.25, 0.3) is 5.91 Å². The largest absolute Gasteiger partial charge is 0.337 e. The van der Waals surface area contributed by atoms with E-state index in [0.717, 1.165) is 69.0 Å². The number of hydrogen-bond acceptors (Lipinski definition) is 3. The lowest BCUT2D eigenvalue weighted by atomic mass is 9.90. The number of fused-ring (bicyclic) bond motifs is 1. The standard InChI is InChI=1S/C21H28N4O/c1-15-2-4-16(5-3-15)6-7-17-9-12-25(13-10-17)21(26)20-18-14-22-11-8-19(18)23-24-20/h2-5,17,22H,6-14H2,1H3,(H,23,24). The van der Waals surface area contributed by atoms with E-state index in [9.17, 15) is 4.79 Å². The summed E-state index contributed by atoms with van der Waals surface area (Å²) in [6, 6.07) is 8.86. The number of aryl methyl sites for hydroxylation is 2. The van der Waals surface area contributed by atoms with Crippen LogP contribution in [0.4, 0.5) is 0 Å². The van der Waals surface area contributed by atoms with Gasteiger partial charge in [-0.25, -0.2) is 0 Å². The van der Waals surface area contributed by atoms with E-state index in [1.807, 2.05) is 4.90 Å². The van der Waals surface area contributed by atoms with Crippen LogP contribution in [0, 0.1) is 12.8 Å². The zero-order valence-corrected chi connectivity index (χ0v) is 15.6. The van der Waals surface area contributed by atoms with Crippen molar-refractivity contribution in [3.8, 4) is 0 Å². The quantitative estimate of drug-likeness (QED) is 0.889. The highest BCUT2D eigenvalue weighted by Gasteiger charge is 2.28. The minimum Gasteiger partial charge on any atom is -0.337 e. The van der Waals surface area contributed by atoms with Crippen LogP contribution < -0.4 is 5.32 Å². The first-order valence-electron chi connectivity index (χ1n) is 9.82. The lowest BCUT2D eigenvalue weighted by Gasteiger charge is -2.32. The van der Waals surface area contributed by atoms with Gasteiger partial charge in [0.1, 0.15) is 0 Å². The van der Waals surface area contributed by atoms with Crippen molar-refractivity contribution in [1.82, 2.24) is 20.4 Å². The summed E-state index contributed by atoms with van der Waals surface area (Å²) in [7, 11) is 0. The van der Waals surface area contributed by atoms with Crippen LogP contribution in [0.5, 0.6) is 0 Å². The lowest BCUT2D eigenvalue weighted by molar-refractivity contribution is 0.0679. The normalized spacial score (nSPS) is 18.0. The van der Waals surface area contributed by atoms with Gasteiger partial charge in [-0.05, 0) is 44.1 Å².